The first kappa shape index (κ1) is 15.5. The lowest BCUT2D eigenvalue weighted by atomic mass is 9.97. The monoisotopic (exact) mass is 300 g/mol. The predicted octanol–water partition coefficient (Wildman–Crippen LogP) is 1.15. The van der Waals surface area contributed by atoms with E-state index in [2.05, 4.69) is 36.0 Å². The van der Waals surface area contributed by atoms with Gasteiger partial charge >= 0.3 is 0 Å². The van der Waals surface area contributed by atoms with E-state index in [4.69, 9.17) is 0 Å². The topological polar surface area (TPSA) is 69.3 Å². The van der Waals surface area contributed by atoms with Crippen LogP contribution in [0.2, 0.25) is 0 Å². The van der Waals surface area contributed by atoms with E-state index >= 15 is 0 Å². The molecule has 0 amide bonds. The highest BCUT2D eigenvalue weighted by molar-refractivity contribution is 7.89. The molecular weight excluding hydrogens is 276 g/mol. The van der Waals surface area contributed by atoms with Crippen molar-refractivity contribution in [2.75, 3.05) is 26.7 Å². The quantitative estimate of drug-likeness (QED) is 0.885. The number of H-pyrrole nitrogens is 1. The Bertz CT molecular complexity index is 504. The smallest absolute Gasteiger partial charge is 0.259 e. The normalized spacial score (nSPS) is 19.1. The highest BCUT2D eigenvalue weighted by Crippen LogP contribution is 2.23. The van der Waals surface area contributed by atoms with E-state index in [0.29, 0.717) is 25.0 Å². The zero-order valence-electron chi connectivity index (χ0n) is 12.4. The molecule has 1 aromatic rings. The maximum atomic E-state index is 12.3. The second-order valence-electron chi connectivity index (χ2n) is 5.80. The lowest BCUT2D eigenvalue weighted by molar-refractivity contribution is 0.181. The number of sulfonamides is 1. The molecule has 1 fully saturated rings. The molecule has 0 unspecified atom stereocenters. The van der Waals surface area contributed by atoms with E-state index in [-0.39, 0.29) is 5.03 Å². The Kier molecular flexibility index (Phi) is 4.82. The minimum absolute atomic E-state index is 0.190. The average Bonchev–Trinajstić information content (AvgIpc) is 2.93. The average molecular weight is 300 g/mol. The van der Waals surface area contributed by atoms with Gasteiger partial charge in [0.1, 0.15) is 0 Å². The number of rotatable bonds is 5. The van der Waals surface area contributed by atoms with Gasteiger partial charge in [0.15, 0.2) is 5.03 Å². The van der Waals surface area contributed by atoms with Gasteiger partial charge in [-0.15, -0.1) is 0 Å². The number of aromatic amines is 1. The van der Waals surface area contributed by atoms with Crippen molar-refractivity contribution in [2.45, 2.75) is 37.8 Å². The van der Waals surface area contributed by atoms with Gasteiger partial charge in [-0.2, -0.15) is 9.40 Å². The van der Waals surface area contributed by atoms with Gasteiger partial charge in [0, 0.05) is 25.7 Å². The number of nitrogens with one attached hydrogen (secondary N) is 1. The Morgan fingerprint density at radius 1 is 1.45 bits per heavy atom. The Morgan fingerprint density at radius 3 is 2.60 bits per heavy atom. The lowest BCUT2D eigenvalue weighted by Crippen LogP contribution is -2.42. The van der Waals surface area contributed by atoms with E-state index in [9.17, 15) is 8.42 Å². The van der Waals surface area contributed by atoms with Gasteiger partial charge < -0.3 is 4.90 Å². The van der Waals surface area contributed by atoms with Crippen molar-refractivity contribution in [3.8, 4) is 0 Å². The van der Waals surface area contributed by atoms with Crippen LogP contribution < -0.4 is 0 Å². The fourth-order valence-electron chi connectivity index (χ4n) is 2.48. The molecule has 6 nitrogen and oxygen atoms in total. The van der Waals surface area contributed by atoms with Gasteiger partial charge in [0.25, 0.3) is 10.0 Å². The molecule has 1 saturated heterocycles. The lowest BCUT2D eigenvalue weighted by Gasteiger charge is -2.34. The van der Waals surface area contributed by atoms with Gasteiger partial charge in [-0.25, -0.2) is 8.42 Å². The number of hydrogen-bond donors (Lipinski definition) is 1. The molecule has 114 valence electrons. The first-order valence-corrected chi connectivity index (χ1v) is 8.55. The summed E-state index contributed by atoms with van der Waals surface area (Å²) in [6.45, 7) is 6.58. The molecule has 0 bridgehead atoms. The minimum atomic E-state index is -3.39. The van der Waals surface area contributed by atoms with Crippen LogP contribution in [0.4, 0.5) is 0 Å². The van der Waals surface area contributed by atoms with Crippen LogP contribution >= 0.6 is 0 Å². The van der Waals surface area contributed by atoms with Crippen LogP contribution in [0.1, 0.15) is 26.7 Å². The van der Waals surface area contributed by atoms with Crippen molar-refractivity contribution >= 4 is 10.0 Å². The highest BCUT2D eigenvalue weighted by atomic mass is 32.2. The summed E-state index contributed by atoms with van der Waals surface area (Å²) in [6.07, 6.45) is 3.31. The highest BCUT2D eigenvalue weighted by Gasteiger charge is 2.30. The van der Waals surface area contributed by atoms with E-state index in [1.807, 2.05) is 0 Å². The third kappa shape index (κ3) is 3.39. The van der Waals surface area contributed by atoms with Crippen molar-refractivity contribution < 1.29 is 8.42 Å². The molecule has 1 N–H and O–H groups in total. The van der Waals surface area contributed by atoms with E-state index in [0.717, 1.165) is 19.4 Å². The molecular formula is C13H24N4O2S. The van der Waals surface area contributed by atoms with Crippen LogP contribution in [-0.4, -0.2) is 60.5 Å². The summed E-state index contributed by atoms with van der Waals surface area (Å²) in [6, 6.07) is 2.04. The van der Waals surface area contributed by atoms with Crippen molar-refractivity contribution in [1.82, 2.24) is 19.4 Å². The summed E-state index contributed by atoms with van der Waals surface area (Å²) >= 11 is 0. The molecule has 20 heavy (non-hydrogen) atoms. The third-order valence-electron chi connectivity index (χ3n) is 4.09. The van der Waals surface area contributed by atoms with Crippen LogP contribution in [0.5, 0.6) is 0 Å². The van der Waals surface area contributed by atoms with Gasteiger partial charge in [0.2, 0.25) is 0 Å². The van der Waals surface area contributed by atoms with Crippen LogP contribution in [-0.2, 0) is 10.0 Å². The van der Waals surface area contributed by atoms with Crippen molar-refractivity contribution in [3.05, 3.63) is 12.3 Å². The molecule has 0 spiro atoms. The molecule has 0 aliphatic carbocycles. The molecule has 2 rings (SSSR count). The van der Waals surface area contributed by atoms with Crippen LogP contribution in [0.15, 0.2) is 17.3 Å². The molecule has 1 aliphatic heterocycles. The molecule has 0 atom stereocenters. The van der Waals surface area contributed by atoms with Gasteiger partial charge in [-0.1, -0.05) is 0 Å². The number of hydrogen-bond acceptors (Lipinski definition) is 4. The van der Waals surface area contributed by atoms with Gasteiger partial charge in [0.05, 0.1) is 6.20 Å². The van der Waals surface area contributed by atoms with E-state index in [1.54, 1.807) is 4.31 Å². The molecule has 1 aromatic heterocycles. The van der Waals surface area contributed by atoms with Crippen molar-refractivity contribution in [3.63, 3.8) is 0 Å². The molecule has 0 saturated carbocycles. The summed E-state index contributed by atoms with van der Waals surface area (Å²) in [5, 5.41) is 6.45. The summed E-state index contributed by atoms with van der Waals surface area (Å²) in [7, 11) is -1.26. The van der Waals surface area contributed by atoms with Crippen LogP contribution in [0.25, 0.3) is 0 Å². The fourth-order valence-corrected chi connectivity index (χ4v) is 3.85. The first-order chi connectivity index (χ1) is 9.41. The molecule has 0 aromatic carbocycles. The van der Waals surface area contributed by atoms with E-state index < -0.39 is 10.0 Å². The Morgan fingerprint density at radius 2 is 2.10 bits per heavy atom. The fraction of sp³-hybridized carbons (Fsp3) is 0.769. The largest absolute Gasteiger partial charge is 0.304 e. The number of nitrogens with zero attached hydrogens (tertiary/aromatic N) is 3. The van der Waals surface area contributed by atoms with Crippen LogP contribution in [0, 0.1) is 5.92 Å². The maximum absolute atomic E-state index is 12.3. The number of piperidine rings is 1. The van der Waals surface area contributed by atoms with Crippen molar-refractivity contribution in [2.24, 2.45) is 5.92 Å². The zero-order valence-corrected chi connectivity index (χ0v) is 13.2. The zero-order chi connectivity index (χ0) is 14.8. The summed E-state index contributed by atoms with van der Waals surface area (Å²) in [4.78, 5) is 2.32. The van der Waals surface area contributed by atoms with Crippen LogP contribution in [0.3, 0.4) is 0 Å². The SMILES string of the molecule is CC(C)N(C)CC1CCN(S(=O)(=O)c2ccn[nH]2)CC1. The first-order valence-electron chi connectivity index (χ1n) is 7.11. The summed E-state index contributed by atoms with van der Waals surface area (Å²) in [5.74, 6) is 0.579. The molecule has 7 heteroatoms. The number of aromatic nitrogens is 2. The molecule has 1 aliphatic rings. The second-order valence-corrected chi connectivity index (χ2v) is 7.71. The standard InChI is InChI=1S/C13H24N4O2S/c1-11(2)16(3)10-12-5-8-17(9-6-12)20(18,19)13-4-7-14-15-13/h4,7,11-12H,5-6,8-10H2,1-3H3,(H,14,15). The Balaban J connectivity index is 1.92. The second kappa shape index (κ2) is 6.24. The van der Waals surface area contributed by atoms with Gasteiger partial charge in [-0.3, -0.25) is 5.10 Å². The summed E-state index contributed by atoms with van der Waals surface area (Å²) < 4.78 is 26.2. The summed E-state index contributed by atoms with van der Waals surface area (Å²) in [5.41, 5.74) is 0. The predicted molar refractivity (Wildman–Crippen MR) is 77.8 cm³/mol. The Labute approximate surface area is 121 Å². The molecule has 0 radical (unpaired) electrons. The minimum Gasteiger partial charge on any atom is -0.304 e. The Hall–Kier alpha value is -0.920. The maximum Gasteiger partial charge on any atom is 0.259 e. The van der Waals surface area contributed by atoms with Gasteiger partial charge in [-0.05, 0) is 45.7 Å². The van der Waals surface area contributed by atoms with Crippen molar-refractivity contribution in [1.29, 1.82) is 0 Å². The molecule has 2 heterocycles. The third-order valence-corrected chi connectivity index (χ3v) is 5.92. The van der Waals surface area contributed by atoms with E-state index in [1.165, 1.54) is 12.3 Å².